The Kier molecular flexibility index (Phi) is 3.83. The maximum absolute atomic E-state index is 11.9. The van der Waals surface area contributed by atoms with Gasteiger partial charge < -0.3 is 15.4 Å². The maximum atomic E-state index is 11.9. The van der Waals surface area contributed by atoms with Crippen molar-refractivity contribution in [1.82, 2.24) is 10.6 Å². The van der Waals surface area contributed by atoms with Gasteiger partial charge >= 0.3 is 6.09 Å². The first-order valence-corrected chi connectivity index (χ1v) is 7.39. The Morgan fingerprint density at radius 1 is 1.11 bits per heavy atom. The Hall–Kier alpha value is -0.770. The zero-order valence-electron chi connectivity index (χ0n) is 12.9. The van der Waals surface area contributed by atoms with Crippen LogP contribution in [-0.4, -0.2) is 30.3 Å². The predicted molar refractivity (Wildman–Crippen MR) is 76.0 cm³/mol. The van der Waals surface area contributed by atoms with Gasteiger partial charge in [-0.05, 0) is 78.3 Å². The quantitative estimate of drug-likeness (QED) is 0.809. The highest BCUT2D eigenvalue weighted by molar-refractivity contribution is 5.68. The number of carbonyl (C=O) groups excluding carboxylic acids is 1. The molecule has 1 unspecified atom stereocenters. The zero-order valence-corrected chi connectivity index (χ0v) is 12.9. The van der Waals surface area contributed by atoms with Crippen LogP contribution < -0.4 is 10.6 Å². The summed E-state index contributed by atoms with van der Waals surface area (Å²) in [7, 11) is 0. The zero-order chi connectivity index (χ0) is 14.3. The SMILES string of the molecule is CC(C)(C)OC(=O)NC(C)(C)C1C[C@H]2CNC[C@H]2C1. The number of amides is 1. The molecule has 2 fully saturated rings. The summed E-state index contributed by atoms with van der Waals surface area (Å²) in [5, 5.41) is 6.52. The smallest absolute Gasteiger partial charge is 0.408 e. The molecule has 0 radical (unpaired) electrons. The largest absolute Gasteiger partial charge is 0.444 e. The van der Waals surface area contributed by atoms with Gasteiger partial charge in [0, 0.05) is 5.54 Å². The third-order valence-electron chi connectivity index (χ3n) is 4.50. The lowest BCUT2D eigenvalue weighted by Crippen LogP contribution is -2.50. The van der Waals surface area contributed by atoms with Crippen LogP contribution in [0.2, 0.25) is 0 Å². The van der Waals surface area contributed by atoms with E-state index in [1.165, 1.54) is 12.8 Å². The molecule has 0 bridgehead atoms. The molecular weight excluding hydrogens is 240 g/mol. The molecule has 1 saturated carbocycles. The highest BCUT2D eigenvalue weighted by atomic mass is 16.6. The van der Waals surface area contributed by atoms with Gasteiger partial charge in [-0.2, -0.15) is 0 Å². The molecule has 4 heteroatoms. The fraction of sp³-hybridized carbons (Fsp3) is 0.933. The van der Waals surface area contributed by atoms with E-state index in [0.717, 1.165) is 24.9 Å². The van der Waals surface area contributed by atoms with Crippen molar-refractivity contribution in [2.45, 2.75) is 58.6 Å². The lowest BCUT2D eigenvalue weighted by molar-refractivity contribution is 0.0434. The molecule has 0 aromatic carbocycles. The third-order valence-corrected chi connectivity index (χ3v) is 4.50. The van der Waals surface area contributed by atoms with E-state index in [0.29, 0.717) is 5.92 Å². The molecule has 2 N–H and O–H groups in total. The summed E-state index contributed by atoms with van der Waals surface area (Å²) in [4.78, 5) is 11.9. The lowest BCUT2D eigenvalue weighted by atomic mass is 9.85. The number of fused-ring (bicyclic) bond motifs is 1. The van der Waals surface area contributed by atoms with Gasteiger partial charge in [-0.1, -0.05) is 0 Å². The standard InChI is InChI=1S/C15H28N2O2/c1-14(2,3)19-13(18)17-15(4,5)12-6-10-8-16-9-11(10)7-12/h10-12,16H,6-9H2,1-5H3,(H,17,18)/t10-,11+,12?. The van der Waals surface area contributed by atoms with Crippen LogP contribution in [0.1, 0.15) is 47.5 Å². The topological polar surface area (TPSA) is 50.4 Å². The van der Waals surface area contributed by atoms with Crippen LogP contribution in [0.3, 0.4) is 0 Å². The molecule has 1 aliphatic carbocycles. The van der Waals surface area contributed by atoms with E-state index in [4.69, 9.17) is 4.74 Å². The molecule has 1 aliphatic heterocycles. The first-order valence-electron chi connectivity index (χ1n) is 7.39. The van der Waals surface area contributed by atoms with Gasteiger partial charge in [0.2, 0.25) is 0 Å². The average molecular weight is 268 g/mol. The van der Waals surface area contributed by atoms with Crippen LogP contribution in [0.25, 0.3) is 0 Å². The minimum absolute atomic E-state index is 0.188. The molecule has 3 atom stereocenters. The molecule has 2 rings (SSSR count). The van der Waals surface area contributed by atoms with Crippen molar-refractivity contribution < 1.29 is 9.53 Å². The number of ether oxygens (including phenoxy) is 1. The molecule has 1 amide bonds. The summed E-state index contributed by atoms with van der Waals surface area (Å²) >= 11 is 0. The molecule has 2 aliphatic rings. The minimum Gasteiger partial charge on any atom is -0.444 e. The third kappa shape index (κ3) is 3.62. The number of hydrogen-bond donors (Lipinski definition) is 2. The number of alkyl carbamates (subject to hydrolysis) is 1. The molecule has 1 heterocycles. The van der Waals surface area contributed by atoms with Gasteiger partial charge in [0.15, 0.2) is 0 Å². The fourth-order valence-corrected chi connectivity index (χ4v) is 3.42. The number of hydrogen-bond acceptors (Lipinski definition) is 3. The van der Waals surface area contributed by atoms with Gasteiger partial charge in [0.05, 0.1) is 0 Å². The lowest BCUT2D eigenvalue weighted by Gasteiger charge is -2.34. The first kappa shape index (κ1) is 14.6. The number of nitrogens with one attached hydrogen (secondary N) is 2. The summed E-state index contributed by atoms with van der Waals surface area (Å²) < 4.78 is 5.36. The van der Waals surface area contributed by atoms with Crippen molar-refractivity contribution in [2.24, 2.45) is 17.8 Å². The van der Waals surface area contributed by atoms with Gasteiger partial charge in [-0.3, -0.25) is 0 Å². The Morgan fingerprint density at radius 3 is 2.11 bits per heavy atom. The summed E-state index contributed by atoms with van der Waals surface area (Å²) in [6, 6.07) is 0. The molecule has 0 aromatic heterocycles. The van der Waals surface area contributed by atoms with Gasteiger partial charge in [-0.15, -0.1) is 0 Å². The summed E-state index contributed by atoms with van der Waals surface area (Å²) in [6.45, 7) is 12.2. The van der Waals surface area contributed by atoms with E-state index >= 15 is 0 Å². The van der Waals surface area contributed by atoms with E-state index in [2.05, 4.69) is 24.5 Å². The van der Waals surface area contributed by atoms with Crippen LogP contribution in [0.15, 0.2) is 0 Å². The molecule has 0 aromatic rings. The highest BCUT2D eigenvalue weighted by Crippen LogP contribution is 2.43. The molecular formula is C15H28N2O2. The Morgan fingerprint density at radius 2 is 1.63 bits per heavy atom. The van der Waals surface area contributed by atoms with Crippen molar-refractivity contribution in [3.63, 3.8) is 0 Å². The van der Waals surface area contributed by atoms with Crippen molar-refractivity contribution in [3.05, 3.63) is 0 Å². The Labute approximate surface area is 116 Å². The van der Waals surface area contributed by atoms with Crippen LogP contribution in [0, 0.1) is 17.8 Å². The van der Waals surface area contributed by atoms with Gasteiger partial charge in [-0.25, -0.2) is 4.79 Å². The molecule has 4 nitrogen and oxygen atoms in total. The number of rotatable bonds is 2. The fourth-order valence-electron chi connectivity index (χ4n) is 3.42. The van der Waals surface area contributed by atoms with Gasteiger partial charge in [0.1, 0.15) is 5.60 Å². The summed E-state index contributed by atoms with van der Waals surface area (Å²) in [5.41, 5.74) is -0.622. The Bertz CT molecular complexity index is 335. The predicted octanol–water partition coefficient (Wildman–Crippen LogP) is 2.54. The van der Waals surface area contributed by atoms with Crippen LogP contribution in [0.5, 0.6) is 0 Å². The van der Waals surface area contributed by atoms with Crippen molar-refractivity contribution >= 4 is 6.09 Å². The minimum atomic E-state index is -0.434. The van der Waals surface area contributed by atoms with Crippen LogP contribution in [-0.2, 0) is 4.74 Å². The second-order valence-corrected chi connectivity index (χ2v) is 7.70. The van der Waals surface area contributed by atoms with E-state index in [-0.39, 0.29) is 11.6 Å². The second kappa shape index (κ2) is 4.97. The van der Waals surface area contributed by atoms with Crippen LogP contribution >= 0.6 is 0 Å². The van der Waals surface area contributed by atoms with Crippen molar-refractivity contribution in [2.75, 3.05) is 13.1 Å². The maximum Gasteiger partial charge on any atom is 0.408 e. The normalized spacial score (nSPS) is 31.1. The van der Waals surface area contributed by atoms with E-state index in [1.54, 1.807) is 0 Å². The van der Waals surface area contributed by atoms with Crippen LogP contribution in [0.4, 0.5) is 4.79 Å². The van der Waals surface area contributed by atoms with Gasteiger partial charge in [0.25, 0.3) is 0 Å². The first-order chi connectivity index (χ1) is 8.67. The molecule has 0 spiro atoms. The molecule has 19 heavy (non-hydrogen) atoms. The summed E-state index contributed by atoms with van der Waals surface area (Å²) in [6.07, 6.45) is 2.12. The van der Waals surface area contributed by atoms with E-state index in [1.807, 2.05) is 20.8 Å². The Balaban J connectivity index is 1.90. The summed E-state index contributed by atoms with van der Waals surface area (Å²) in [5.74, 6) is 2.14. The van der Waals surface area contributed by atoms with Crippen molar-refractivity contribution in [1.29, 1.82) is 0 Å². The second-order valence-electron chi connectivity index (χ2n) is 7.70. The van der Waals surface area contributed by atoms with E-state index < -0.39 is 5.60 Å². The highest BCUT2D eigenvalue weighted by Gasteiger charge is 2.44. The monoisotopic (exact) mass is 268 g/mol. The molecule has 110 valence electrons. The van der Waals surface area contributed by atoms with E-state index in [9.17, 15) is 4.79 Å². The van der Waals surface area contributed by atoms with Crippen molar-refractivity contribution in [3.8, 4) is 0 Å². The number of carbonyl (C=O) groups is 1. The molecule has 1 saturated heterocycles. The average Bonchev–Trinajstić information content (AvgIpc) is 2.70.